The van der Waals surface area contributed by atoms with E-state index in [1.807, 2.05) is 6.08 Å². The van der Waals surface area contributed by atoms with Crippen LogP contribution in [0.1, 0.15) is 13.8 Å². The first-order valence-corrected chi connectivity index (χ1v) is 4.57. The minimum absolute atomic E-state index is 0.641. The monoisotopic (exact) mass is 170 g/mol. The molecule has 0 aliphatic carbocycles. The van der Waals surface area contributed by atoms with E-state index >= 15 is 0 Å². The molecule has 0 aromatic rings. The van der Waals surface area contributed by atoms with E-state index in [2.05, 4.69) is 44.3 Å². The van der Waals surface area contributed by atoms with Gasteiger partial charge in [0.2, 0.25) is 0 Å². The van der Waals surface area contributed by atoms with Crippen LogP contribution in [0.4, 0.5) is 0 Å². The molecule has 0 saturated heterocycles. The molecule has 0 spiro atoms. The molecule has 0 unspecified atom stereocenters. The first-order valence-electron chi connectivity index (χ1n) is 4.57. The number of likely N-dealkylation sites (N-methyl/N-ethyl adjacent to an activating group) is 2. The van der Waals surface area contributed by atoms with E-state index in [0.29, 0.717) is 6.04 Å². The van der Waals surface area contributed by atoms with Crippen LogP contribution in [0, 0.1) is 0 Å². The second-order valence-corrected chi connectivity index (χ2v) is 3.63. The van der Waals surface area contributed by atoms with Crippen LogP contribution in [0.5, 0.6) is 0 Å². The maximum absolute atomic E-state index is 3.71. The smallest absolute Gasteiger partial charge is 0.0158 e. The van der Waals surface area contributed by atoms with Crippen molar-refractivity contribution in [3.8, 4) is 0 Å². The lowest BCUT2D eigenvalue weighted by Gasteiger charge is -2.23. The van der Waals surface area contributed by atoms with E-state index in [0.717, 1.165) is 19.6 Å². The fourth-order valence-corrected chi connectivity index (χ4v) is 0.898. The highest BCUT2D eigenvalue weighted by atomic mass is 15.2. The second-order valence-electron chi connectivity index (χ2n) is 3.63. The fraction of sp³-hybridized carbons (Fsp3) is 0.800. The van der Waals surface area contributed by atoms with Crippen LogP contribution >= 0.6 is 0 Å². The number of hydrogen-bond donors (Lipinski definition) is 0. The van der Waals surface area contributed by atoms with Gasteiger partial charge in [0.25, 0.3) is 0 Å². The second kappa shape index (κ2) is 6.21. The Morgan fingerprint density at radius 2 is 1.83 bits per heavy atom. The maximum Gasteiger partial charge on any atom is 0.0158 e. The molecule has 0 bridgehead atoms. The van der Waals surface area contributed by atoms with Crippen LogP contribution in [-0.2, 0) is 0 Å². The van der Waals surface area contributed by atoms with Gasteiger partial charge in [-0.05, 0) is 27.9 Å². The number of rotatable bonds is 6. The van der Waals surface area contributed by atoms with Crippen molar-refractivity contribution in [1.82, 2.24) is 9.80 Å². The average Bonchev–Trinajstić information content (AvgIpc) is 2.00. The van der Waals surface area contributed by atoms with E-state index in [1.165, 1.54) is 0 Å². The topological polar surface area (TPSA) is 6.48 Å². The summed E-state index contributed by atoms with van der Waals surface area (Å²) in [4.78, 5) is 4.62. The zero-order valence-electron chi connectivity index (χ0n) is 8.88. The van der Waals surface area contributed by atoms with Gasteiger partial charge in [-0.1, -0.05) is 6.08 Å². The van der Waals surface area contributed by atoms with Crippen LogP contribution < -0.4 is 0 Å². The summed E-state index contributed by atoms with van der Waals surface area (Å²) in [6.45, 7) is 11.4. The first kappa shape index (κ1) is 11.7. The standard InChI is InChI=1S/C10H22N2/c1-6-7-11(4)8-9-12(5)10(2)3/h6,10H,1,7-9H2,2-5H3. The van der Waals surface area contributed by atoms with Crippen LogP contribution in [0.25, 0.3) is 0 Å². The van der Waals surface area contributed by atoms with Crippen molar-refractivity contribution in [2.75, 3.05) is 33.7 Å². The van der Waals surface area contributed by atoms with Crippen LogP contribution in [0.2, 0.25) is 0 Å². The molecule has 0 rings (SSSR count). The molecule has 0 aromatic heterocycles. The van der Waals surface area contributed by atoms with Gasteiger partial charge in [0.15, 0.2) is 0 Å². The predicted octanol–water partition coefficient (Wildman–Crippen LogP) is 1.44. The van der Waals surface area contributed by atoms with Gasteiger partial charge in [0.05, 0.1) is 0 Å². The molecule has 0 heterocycles. The summed E-state index contributed by atoms with van der Waals surface area (Å²) in [6, 6.07) is 0.641. The lowest BCUT2D eigenvalue weighted by Crippen LogP contribution is -2.34. The largest absolute Gasteiger partial charge is 0.303 e. The van der Waals surface area contributed by atoms with Gasteiger partial charge in [0, 0.05) is 25.7 Å². The Labute approximate surface area is 76.9 Å². The molecule has 0 aliphatic rings. The Bertz CT molecular complexity index is 121. The van der Waals surface area contributed by atoms with Gasteiger partial charge in [-0.2, -0.15) is 0 Å². The van der Waals surface area contributed by atoms with Crippen molar-refractivity contribution in [3.63, 3.8) is 0 Å². The molecular weight excluding hydrogens is 148 g/mol. The molecule has 0 saturated carbocycles. The highest BCUT2D eigenvalue weighted by Crippen LogP contribution is 1.93. The van der Waals surface area contributed by atoms with E-state index in [4.69, 9.17) is 0 Å². The minimum Gasteiger partial charge on any atom is -0.303 e. The molecule has 0 atom stereocenters. The fourth-order valence-electron chi connectivity index (χ4n) is 0.898. The minimum atomic E-state index is 0.641. The molecule has 0 aromatic carbocycles. The van der Waals surface area contributed by atoms with Gasteiger partial charge in [0.1, 0.15) is 0 Å². The molecular formula is C10H22N2. The zero-order chi connectivity index (χ0) is 9.56. The van der Waals surface area contributed by atoms with Crippen molar-refractivity contribution in [3.05, 3.63) is 12.7 Å². The molecule has 0 amide bonds. The summed E-state index contributed by atoms with van der Waals surface area (Å²) in [5.74, 6) is 0. The highest BCUT2D eigenvalue weighted by Gasteiger charge is 2.03. The summed E-state index contributed by atoms with van der Waals surface area (Å²) in [5.41, 5.74) is 0. The van der Waals surface area contributed by atoms with Crippen molar-refractivity contribution in [2.45, 2.75) is 19.9 Å². The lowest BCUT2D eigenvalue weighted by atomic mass is 10.3. The maximum atomic E-state index is 3.71. The molecule has 0 aliphatic heterocycles. The Morgan fingerprint density at radius 1 is 1.25 bits per heavy atom. The molecule has 72 valence electrons. The van der Waals surface area contributed by atoms with E-state index in [-0.39, 0.29) is 0 Å². The Balaban J connectivity index is 3.46. The van der Waals surface area contributed by atoms with Gasteiger partial charge in [-0.15, -0.1) is 6.58 Å². The molecule has 0 fully saturated rings. The summed E-state index contributed by atoms with van der Waals surface area (Å²) in [6.07, 6.45) is 1.94. The third-order valence-electron chi connectivity index (χ3n) is 2.16. The van der Waals surface area contributed by atoms with Crippen LogP contribution in [0.15, 0.2) is 12.7 Å². The van der Waals surface area contributed by atoms with E-state index < -0.39 is 0 Å². The number of hydrogen-bond acceptors (Lipinski definition) is 2. The highest BCUT2D eigenvalue weighted by molar-refractivity contribution is 4.71. The van der Waals surface area contributed by atoms with Crippen LogP contribution in [0.3, 0.4) is 0 Å². The van der Waals surface area contributed by atoms with Crippen molar-refractivity contribution < 1.29 is 0 Å². The van der Waals surface area contributed by atoms with Crippen molar-refractivity contribution in [1.29, 1.82) is 0 Å². The Kier molecular flexibility index (Phi) is 6.03. The Hall–Kier alpha value is -0.340. The third-order valence-corrected chi connectivity index (χ3v) is 2.16. The summed E-state index contributed by atoms with van der Waals surface area (Å²) in [7, 11) is 4.28. The SMILES string of the molecule is C=CCN(C)CCN(C)C(C)C. The normalized spacial score (nSPS) is 11.6. The van der Waals surface area contributed by atoms with Crippen molar-refractivity contribution in [2.24, 2.45) is 0 Å². The quantitative estimate of drug-likeness (QED) is 0.557. The van der Waals surface area contributed by atoms with Gasteiger partial charge < -0.3 is 9.80 Å². The van der Waals surface area contributed by atoms with Crippen molar-refractivity contribution >= 4 is 0 Å². The molecule has 0 N–H and O–H groups in total. The number of nitrogens with zero attached hydrogens (tertiary/aromatic N) is 2. The average molecular weight is 170 g/mol. The van der Waals surface area contributed by atoms with Crippen LogP contribution in [-0.4, -0.2) is 49.6 Å². The summed E-state index contributed by atoms with van der Waals surface area (Å²) >= 11 is 0. The lowest BCUT2D eigenvalue weighted by molar-refractivity contribution is 0.233. The third kappa shape index (κ3) is 5.33. The van der Waals surface area contributed by atoms with E-state index in [1.54, 1.807) is 0 Å². The van der Waals surface area contributed by atoms with Gasteiger partial charge >= 0.3 is 0 Å². The molecule has 0 radical (unpaired) electrons. The van der Waals surface area contributed by atoms with Gasteiger partial charge in [-0.3, -0.25) is 0 Å². The summed E-state index contributed by atoms with van der Waals surface area (Å²) < 4.78 is 0. The molecule has 2 heteroatoms. The van der Waals surface area contributed by atoms with E-state index in [9.17, 15) is 0 Å². The summed E-state index contributed by atoms with van der Waals surface area (Å²) in [5, 5.41) is 0. The Morgan fingerprint density at radius 3 is 2.25 bits per heavy atom. The predicted molar refractivity (Wildman–Crippen MR) is 55.5 cm³/mol. The zero-order valence-corrected chi connectivity index (χ0v) is 8.88. The first-order chi connectivity index (χ1) is 5.57. The van der Waals surface area contributed by atoms with Gasteiger partial charge in [-0.25, -0.2) is 0 Å². The molecule has 12 heavy (non-hydrogen) atoms. The molecule has 2 nitrogen and oxygen atoms in total.